The quantitative estimate of drug-likeness (QED) is 0.706. The van der Waals surface area contributed by atoms with Crippen LogP contribution < -0.4 is 10.6 Å². The van der Waals surface area contributed by atoms with E-state index in [1.54, 1.807) is 0 Å². The van der Waals surface area contributed by atoms with Gasteiger partial charge in [0.1, 0.15) is 0 Å². The van der Waals surface area contributed by atoms with Crippen LogP contribution in [0.4, 0.5) is 0 Å². The maximum absolute atomic E-state index is 13.0. The monoisotopic (exact) mass is 374 g/mol. The summed E-state index contributed by atoms with van der Waals surface area (Å²) < 4.78 is 0. The number of amides is 2. The molecule has 5 saturated carbocycles. The van der Waals surface area contributed by atoms with Crippen molar-refractivity contribution in [3.63, 3.8) is 0 Å². The highest BCUT2D eigenvalue weighted by Gasteiger charge is 2.49. The molecule has 5 rings (SSSR count). The maximum Gasteiger partial charge on any atom is 0.220 e. The number of rotatable bonds is 7. The Kier molecular flexibility index (Phi) is 5.53. The lowest BCUT2D eigenvalue weighted by atomic mass is 9.54. The zero-order chi connectivity index (χ0) is 19.0. The van der Waals surface area contributed by atoms with Crippen molar-refractivity contribution in [3.05, 3.63) is 0 Å². The highest BCUT2D eigenvalue weighted by atomic mass is 16.2. The second-order valence-corrected chi connectivity index (χ2v) is 10.8. The Bertz CT molecular complexity index is 537. The Hall–Kier alpha value is -1.06. The molecule has 2 N–H and O–H groups in total. The van der Waals surface area contributed by atoms with E-state index in [1.165, 1.54) is 32.1 Å². The summed E-state index contributed by atoms with van der Waals surface area (Å²) in [5.41, 5.74) is -0.100. The summed E-state index contributed by atoms with van der Waals surface area (Å²) in [6, 6.07) is 0.415. The van der Waals surface area contributed by atoms with Crippen molar-refractivity contribution in [2.24, 2.45) is 35.0 Å². The first-order valence-corrected chi connectivity index (χ1v) is 11.5. The molecule has 0 aromatic heterocycles. The van der Waals surface area contributed by atoms with Crippen LogP contribution in [0.25, 0.3) is 0 Å². The van der Waals surface area contributed by atoms with Gasteiger partial charge in [0, 0.05) is 25.4 Å². The summed E-state index contributed by atoms with van der Waals surface area (Å²) in [7, 11) is 0. The zero-order valence-corrected chi connectivity index (χ0v) is 17.3. The first-order chi connectivity index (χ1) is 12.9. The second kappa shape index (κ2) is 7.75. The minimum atomic E-state index is -0.100. The third kappa shape index (κ3) is 4.35. The maximum atomic E-state index is 13.0. The average molecular weight is 375 g/mol. The van der Waals surface area contributed by atoms with E-state index < -0.39 is 0 Å². The summed E-state index contributed by atoms with van der Waals surface area (Å²) >= 11 is 0. The topological polar surface area (TPSA) is 58.2 Å². The largest absolute Gasteiger partial charge is 0.356 e. The molecule has 5 fully saturated rings. The summed E-state index contributed by atoms with van der Waals surface area (Å²) in [6.07, 6.45) is 12.2. The predicted octanol–water partition coefficient (Wildman–Crippen LogP) is 4.04. The first kappa shape index (κ1) is 19.3. The third-order valence-corrected chi connectivity index (χ3v) is 8.00. The Balaban J connectivity index is 1.33. The molecule has 0 heterocycles. The second-order valence-electron chi connectivity index (χ2n) is 10.8. The normalized spacial score (nSPS) is 36.2. The van der Waals surface area contributed by atoms with Gasteiger partial charge in [0.2, 0.25) is 11.8 Å². The standard InChI is InChI=1S/C23H38N2O2/c1-15(2)14-24-20(26)12-23(5-3-4-6-23)13-21(27)25-22-18-8-16-7-17(10-18)11-19(22)9-16/h15-19,22H,3-14H2,1-2H3,(H,24,26)(H,25,27). The molecular formula is C23H38N2O2. The molecule has 4 heteroatoms. The molecule has 152 valence electrons. The van der Waals surface area contributed by atoms with E-state index in [0.717, 1.165) is 55.9 Å². The van der Waals surface area contributed by atoms with E-state index in [2.05, 4.69) is 24.5 Å². The van der Waals surface area contributed by atoms with E-state index in [9.17, 15) is 9.59 Å². The molecule has 4 bridgehead atoms. The molecule has 0 aliphatic heterocycles. The number of carbonyl (C=O) groups is 2. The number of carbonyl (C=O) groups excluding carboxylic acids is 2. The van der Waals surface area contributed by atoms with Crippen LogP contribution in [-0.4, -0.2) is 24.4 Å². The van der Waals surface area contributed by atoms with Gasteiger partial charge in [0.15, 0.2) is 0 Å². The van der Waals surface area contributed by atoms with Gasteiger partial charge in [0.25, 0.3) is 0 Å². The molecule has 0 spiro atoms. The van der Waals surface area contributed by atoms with Crippen LogP contribution in [0.3, 0.4) is 0 Å². The summed E-state index contributed by atoms with van der Waals surface area (Å²) in [5.74, 6) is 4.13. The van der Waals surface area contributed by atoms with E-state index >= 15 is 0 Å². The molecule has 0 aromatic carbocycles. The van der Waals surface area contributed by atoms with Crippen LogP contribution >= 0.6 is 0 Å². The van der Waals surface area contributed by atoms with Crippen LogP contribution in [0.5, 0.6) is 0 Å². The minimum absolute atomic E-state index is 0.100. The molecule has 27 heavy (non-hydrogen) atoms. The lowest BCUT2D eigenvalue weighted by Gasteiger charge is -2.54. The predicted molar refractivity (Wildman–Crippen MR) is 107 cm³/mol. The Labute approximate surface area is 164 Å². The van der Waals surface area contributed by atoms with Gasteiger partial charge in [-0.05, 0) is 80.0 Å². The molecule has 0 radical (unpaired) electrons. The van der Waals surface area contributed by atoms with Gasteiger partial charge in [-0.1, -0.05) is 26.7 Å². The Morgan fingerprint density at radius 3 is 2.00 bits per heavy atom. The van der Waals surface area contributed by atoms with Crippen LogP contribution in [0, 0.1) is 35.0 Å². The molecule has 5 aliphatic carbocycles. The minimum Gasteiger partial charge on any atom is -0.356 e. The number of hydrogen-bond acceptors (Lipinski definition) is 2. The molecule has 0 unspecified atom stereocenters. The highest BCUT2D eigenvalue weighted by Crippen LogP contribution is 2.54. The van der Waals surface area contributed by atoms with Gasteiger partial charge in [-0.25, -0.2) is 0 Å². The Morgan fingerprint density at radius 2 is 1.44 bits per heavy atom. The van der Waals surface area contributed by atoms with Crippen molar-refractivity contribution >= 4 is 11.8 Å². The summed E-state index contributed by atoms with van der Waals surface area (Å²) in [6.45, 7) is 4.96. The Morgan fingerprint density at radius 1 is 0.889 bits per heavy atom. The number of hydrogen-bond donors (Lipinski definition) is 2. The first-order valence-electron chi connectivity index (χ1n) is 11.5. The zero-order valence-electron chi connectivity index (χ0n) is 17.3. The lowest BCUT2D eigenvalue weighted by Crippen LogP contribution is -2.56. The summed E-state index contributed by atoms with van der Waals surface area (Å²) in [4.78, 5) is 25.4. The van der Waals surface area contributed by atoms with Gasteiger partial charge < -0.3 is 10.6 Å². The molecule has 0 atom stereocenters. The van der Waals surface area contributed by atoms with Gasteiger partial charge in [-0.3, -0.25) is 9.59 Å². The molecule has 4 nitrogen and oxygen atoms in total. The van der Waals surface area contributed by atoms with Crippen molar-refractivity contribution in [1.29, 1.82) is 0 Å². The van der Waals surface area contributed by atoms with E-state index in [0.29, 0.717) is 24.8 Å². The van der Waals surface area contributed by atoms with Crippen molar-refractivity contribution < 1.29 is 9.59 Å². The van der Waals surface area contributed by atoms with Crippen molar-refractivity contribution in [2.75, 3.05) is 6.54 Å². The number of nitrogens with one attached hydrogen (secondary N) is 2. The van der Waals surface area contributed by atoms with E-state index in [1.807, 2.05) is 0 Å². The van der Waals surface area contributed by atoms with Crippen molar-refractivity contribution in [2.45, 2.75) is 90.5 Å². The van der Waals surface area contributed by atoms with Gasteiger partial charge >= 0.3 is 0 Å². The highest BCUT2D eigenvalue weighted by molar-refractivity contribution is 5.80. The van der Waals surface area contributed by atoms with Gasteiger partial charge in [-0.2, -0.15) is 0 Å². The van der Waals surface area contributed by atoms with Crippen molar-refractivity contribution in [1.82, 2.24) is 10.6 Å². The molecule has 2 amide bonds. The molecule has 0 saturated heterocycles. The fourth-order valence-corrected chi connectivity index (χ4v) is 7.00. The molecule has 5 aliphatic rings. The lowest BCUT2D eigenvalue weighted by molar-refractivity contribution is -0.129. The van der Waals surface area contributed by atoms with Crippen molar-refractivity contribution in [3.8, 4) is 0 Å². The fraction of sp³-hybridized carbons (Fsp3) is 0.913. The van der Waals surface area contributed by atoms with E-state index in [-0.39, 0.29) is 17.2 Å². The third-order valence-electron chi connectivity index (χ3n) is 8.00. The van der Waals surface area contributed by atoms with Crippen LogP contribution in [0.15, 0.2) is 0 Å². The smallest absolute Gasteiger partial charge is 0.220 e. The van der Waals surface area contributed by atoms with Crippen LogP contribution in [0.1, 0.15) is 84.5 Å². The fourth-order valence-electron chi connectivity index (χ4n) is 7.00. The van der Waals surface area contributed by atoms with Gasteiger partial charge in [0.05, 0.1) is 0 Å². The SMILES string of the molecule is CC(C)CNC(=O)CC1(CC(=O)NC2C3CC4CC(C3)CC2C4)CCCC1. The van der Waals surface area contributed by atoms with Gasteiger partial charge in [-0.15, -0.1) is 0 Å². The van der Waals surface area contributed by atoms with Crippen LogP contribution in [0.2, 0.25) is 0 Å². The molecular weight excluding hydrogens is 336 g/mol. The van der Waals surface area contributed by atoms with E-state index in [4.69, 9.17) is 0 Å². The van der Waals surface area contributed by atoms with Crippen LogP contribution in [-0.2, 0) is 9.59 Å². The summed E-state index contributed by atoms with van der Waals surface area (Å²) in [5, 5.41) is 6.53. The molecule has 0 aromatic rings. The average Bonchev–Trinajstić information content (AvgIpc) is 3.03.